The number of rotatable bonds is 15. The zero-order valence-corrected chi connectivity index (χ0v) is 26.4. The van der Waals surface area contributed by atoms with Gasteiger partial charge in [0, 0.05) is 6.42 Å². The maximum absolute atomic E-state index is 13.1. The molecule has 0 aliphatic heterocycles. The van der Waals surface area contributed by atoms with Gasteiger partial charge in [0.25, 0.3) is 5.91 Å². The van der Waals surface area contributed by atoms with Crippen molar-refractivity contribution < 1.29 is 34.1 Å². The maximum Gasteiger partial charge on any atom is 0.303 e. The molecule has 0 aliphatic carbocycles. The number of hydrogen-bond acceptors (Lipinski definition) is 6. The molecule has 3 rings (SSSR count). The van der Waals surface area contributed by atoms with Gasteiger partial charge in [-0.25, -0.2) is 0 Å². The summed E-state index contributed by atoms with van der Waals surface area (Å²) in [4.78, 5) is 47.0. The number of carboxylic acid groups (broad SMARTS) is 1. The van der Waals surface area contributed by atoms with E-state index >= 15 is 0 Å². The van der Waals surface area contributed by atoms with Crippen LogP contribution in [-0.2, 0) is 32.0 Å². The molecule has 0 aromatic heterocycles. The number of aliphatic hydroxyl groups excluding tert-OH is 1. The molecular weight excluding hydrogens is 574 g/mol. The molecule has 3 atom stereocenters. The van der Waals surface area contributed by atoms with Crippen LogP contribution in [0.2, 0.25) is 0 Å². The Balaban J connectivity index is 0.000000596. The highest BCUT2D eigenvalue weighted by molar-refractivity contribution is 5.88. The van der Waals surface area contributed by atoms with Crippen molar-refractivity contribution in [1.29, 1.82) is 0 Å². The number of carboxylic acids is 1. The molecule has 1 unspecified atom stereocenters. The normalized spacial score (nSPS) is 12.6. The van der Waals surface area contributed by atoms with Crippen molar-refractivity contribution in [3.63, 3.8) is 0 Å². The van der Waals surface area contributed by atoms with Crippen LogP contribution in [0.1, 0.15) is 48.9 Å². The summed E-state index contributed by atoms with van der Waals surface area (Å²) < 4.78 is 5.58. The monoisotopic (exact) mass is 619 g/mol. The number of carbonyl (C=O) groups excluding carboxylic acids is 3. The number of nitrogens with two attached hydrogens (primary N) is 1. The van der Waals surface area contributed by atoms with E-state index in [-0.39, 0.29) is 31.3 Å². The molecule has 3 aromatic rings. The van der Waals surface area contributed by atoms with Crippen LogP contribution in [0.4, 0.5) is 0 Å². The summed E-state index contributed by atoms with van der Waals surface area (Å²) in [5, 5.41) is 25.2. The van der Waals surface area contributed by atoms with E-state index in [0.717, 1.165) is 22.3 Å². The fraction of sp³-hybridized carbons (Fsp3) is 0.371. The Hall–Kier alpha value is -4.70. The van der Waals surface area contributed by atoms with Crippen LogP contribution < -0.4 is 21.1 Å². The number of benzene rings is 3. The quantitative estimate of drug-likeness (QED) is 0.174. The number of aliphatic carboxylic acids is 1. The standard InChI is InChI=1S/C27H36N2O6.C8H9NO/c1-17(2)26(29-24(31)16-35-21-11-10-18(3)19(4)14-21)27(34)28-22(23(30)12-13-25(32)33)15-20-8-6-5-7-9-20;9-8(10)6-7-4-2-1-3-5-7/h5-11,14,17,22-23,26,30H,12-13,15-16H2,1-4H3,(H,28,34)(H,29,31)(H,32,33);1-5H,6H2,(H2,9,10)/t22-,23-,26?;/m0./s1. The summed E-state index contributed by atoms with van der Waals surface area (Å²) in [6, 6.07) is 22.7. The Morgan fingerprint density at radius 2 is 1.44 bits per heavy atom. The second-order valence-corrected chi connectivity index (χ2v) is 11.3. The van der Waals surface area contributed by atoms with Gasteiger partial charge in [-0.05, 0) is 67.0 Å². The lowest BCUT2D eigenvalue weighted by molar-refractivity contribution is -0.137. The van der Waals surface area contributed by atoms with Crippen molar-refractivity contribution in [3.8, 4) is 5.75 Å². The average molecular weight is 620 g/mol. The number of nitrogens with one attached hydrogen (secondary N) is 2. The lowest BCUT2D eigenvalue weighted by Gasteiger charge is -2.28. The molecule has 10 heteroatoms. The predicted octanol–water partition coefficient (Wildman–Crippen LogP) is 3.49. The highest BCUT2D eigenvalue weighted by atomic mass is 16.5. The number of primary amides is 1. The van der Waals surface area contributed by atoms with E-state index < -0.39 is 36.0 Å². The Labute approximate surface area is 265 Å². The number of hydrogen-bond donors (Lipinski definition) is 5. The Kier molecular flexibility index (Phi) is 15.3. The van der Waals surface area contributed by atoms with Crippen LogP contribution in [-0.4, -0.2) is 58.7 Å². The number of amides is 3. The third-order valence-electron chi connectivity index (χ3n) is 7.08. The second-order valence-electron chi connectivity index (χ2n) is 11.3. The van der Waals surface area contributed by atoms with Crippen molar-refractivity contribution in [3.05, 3.63) is 101 Å². The summed E-state index contributed by atoms with van der Waals surface area (Å²) >= 11 is 0. The second kappa shape index (κ2) is 18.9. The third-order valence-corrected chi connectivity index (χ3v) is 7.08. The lowest BCUT2D eigenvalue weighted by Crippen LogP contribution is -2.55. The van der Waals surface area contributed by atoms with Crippen LogP contribution in [0.5, 0.6) is 5.75 Å². The van der Waals surface area contributed by atoms with Crippen molar-refractivity contribution in [2.75, 3.05) is 6.61 Å². The molecule has 3 aromatic carbocycles. The van der Waals surface area contributed by atoms with Crippen LogP contribution in [0.15, 0.2) is 78.9 Å². The Morgan fingerprint density at radius 1 is 0.844 bits per heavy atom. The molecule has 6 N–H and O–H groups in total. The van der Waals surface area contributed by atoms with Gasteiger partial charge >= 0.3 is 5.97 Å². The first-order valence-electron chi connectivity index (χ1n) is 14.9. The fourth-order valence-electron chi connectivity index (χ4n) is 4.40. The number of aliphatic hydroxyl groups is 1. The maximum atomic E-state index is 13.1. The molecule has 0 spiro atoms. The van der Waals surface area contributed by atoms with Gasteiger partial charge in [-0.1, -0.05) is 80.6 Å². The van der Waals surface area contributed by atoms with Gasteiger partial charge in [0.2, 0.25) is 11.8 Å². The van der Waals surface area contributed by atoms with Gasteiger partial charge in [0.15, 0.2) is 6.61 Å². The van der Waals surface area contributed by atoms with Crippen molar-refractivity contribution >= 4 is 23.7 Å². The van der Waals surface area contributed by atoms with E-state index in [4.69, 9.17) is 15.6 Å². The molecule has 0 fully saturated rings. The van der Waals surface area contributed by atoms with E-state index in [1.807, 2.05) is 100 Å². The van der Waals surface area contributed by atoms with Gasteiger partial charge in [-0.2, -0.15) is 0 Å². The van der Waals surface area contributed by atoms with E-state index in [1.54, 1.807) is 6.07 Å². The van der Waals surface area contributed by atoms with Crippen LogP contribution in [0.3, 0.4) is 0 Å². The van der Waals surface area contributed by atoms with Crippen molar-refractivity contribution in [2.45, 2.75) is 71.6 Å². The minimum atomic E-state index is -1.06. The van der Waals surface area contributed by atoms with E-state index in [9.17, 15) is 24.3 Å². The summed E-state index contributed by atoms with van der Waals surface area (Å²) in [5.41, 5.74) is 9.01. The molecule has 3 amide bonds. The molecule has 0 saturated carbocycles. The average Bonchev–Trinajstić information content (AvgIpc) is 2.99. The van der Waals surface area contributed by atoms with Crippen molar-refractivity contribution in [1.82, 2.24) is 10.6 Å². The zero-order valence-electron chi connectivity index (χ0n) is 26.4. The zero-order chi connectivity index (χ0) is 33.4. The molecule has 0 radical (unpaired) electrons. The highest BCUT2D eigenvalue weighted by Crippen LogP contribution is 2.16. The number of carbonyl (C=O) groups is 4. The van der Waals surface area contributed by atoms with Crippen LogP contribution in [0, 0.1) is 19.8 Å². The van der Waals surface area contributed by atoms with Gasteiger partial charge in [0.05, 0.1) is 18.6 Å². The molecule has 242 valence electrons. The molecule has 0 bridgehead atoms. The summed E-state index contributed by atoms with van der Waals surface area (Å²) in [7, 11) is 0. The van der Waals surface area contributed by atoms with Gasteiger partial charge < -0.3 is 31.3 Å². The summed E-state index contributed by atoms with van der Waals surface area (Å²) in [6.45, 7) is 7.32. The Bertz CT molecular complexity index is 1380. The van der Waals surface area contributed by atoms with Gasteiger partial charge in [-0.15, -0.1) is 0 Å². The summed E-state index contributed by atoms with van der Waals surface area (Å²) in [5.74, 6) is -1.86. The smallest absolute Gasteiger partial charge is 0.303 e. The number of aryl methyl sites for hydroxylation is 2. The summed E-state index contributed by atoms with van der Waals surface area (Å²) in [6.07, 6.45) is -0.632. The van der Waals surface area contributed by atoms with E-state index in [0.29, 0.717) is 18.6 Å². The minimum Gasteiger partial charge on any atom is -0.484 e. The first-order valence-corrected chi connectivity index (χ1v) is 14.9. The molecule has 0 saturated heterocycles. The largest absolute Gasteiger partial charge is 0.484 e. The van der Waals surface area contributed by atoms with Crippen LogP contribution in [0.25, 0.3) is 0 Å². The lowest BCUT2D eigenvalue weighted by atomic mass is 9.96. The first kappa shape index (κ1) is 36.5. The molecule has 10 nitrogen and oxygen atoms in total. The molecule has 45 heavy (non-hydrogen) atoms. The molecule has 0 aliphatic rings. The fourth-order valence-corrected chi connectivity index (χ4v) is 4.40. The van der Waals surface area contributed by atoms with Crippen molar-refractivity contribution in [2.24, 2.45) is 11.7 Å². The SMILES string of the molecule is Cc1ccc(OCC(=O)NC(C(=O)N[C@@H](Cc2ccccc2)[C@@H](O)CCC(=O)O)C(C)C)cc1C.NC(=O)Cc1ccccc1. The number of ether oxygens (including phenoxy) is 1. The van der Waals surface area contributed by atoms with E-state index in [1.165, 1.54) is 0 Å². The third kappa shape index (κ3) is 14.1. The molecule has 0 heterocycles. The predicted molar refractivity (Wildman–Crippen MR) is 172 cm³/mol. The van der Waals surface area contributed by atoms with Crippen LogP contribution >= 0.6 is 0 Å². The topological polar surface area (TPSA) is 168 Å². The highest BCUT2D eigenvalue weighted by Gasteiger charge is 2.29. The Morgan fingerprint density at radius 3 is 1.98 bits per heavy atom. The van der Waals surface area contributed by atoms with Gasteiger partial charge in [0.1, 0.15) is 11.8 Å². The minimum absolute atomic E-state index is 0.00434. The molecular formula is C35H45N3O7. The van der Waals surface area contributed by atoms with E-state index in [2.05, 4.69) is 10.6 Å². The first-order chi connectivity index (χ1) is 21.3. The van der Waals surface area contributed by atoms with Gasteiger partial charge in [-0.3, -0.25) is 19.2 Å².